The third-order valence-corrected chi connectivity index (χ3v) is 5.09. The number of likely N-dealkylation sites (tertiary alicyclic amines) is 1. The van der Waals surface area contributed by atoms with Gasteiger partial charge in [0.2, 0.25) is 0 Å². The number of urea groups is 1. The molecule has 1 aliphatic heterocycles. The van der Waals surface area contributed by atoms with Crippen molar-refractivity contribution in [2.75, 3.05) is 13.2 Å². The Hall–Kier alpha value is -1.62. The summed E-state index contributed by atoms with van der Waals surface area (Å²) in [4.78, 5) is 18.6. The van der Waals surface area contributed by atoms with Crippen molar-refractivity contribution in [3.8, 4) is 0 Å². The van der Waals surface area contributed by atoms with E-state index in [1.165, 1.54) is 18.4 Å². The van der Waals surface area contributed by atoms with Gasteiger partial charge in [-0.05, 0) is 62.1 Å². The van der Waals surface area contributed by atoms with Crippen LogP contribution in [0.5, 0.6) is 0 Å². The van der Waals surface area contributed by atoms with Crippen molar-refractivity contribution in [3.63, 3.8) is 0 Å². The maximum atomic E-state index is 12.5. The first-order valence-corrected chi connectivity index (χ1v) is 8.87. The van der Waals surface area contributed by atoms with Gasteiger partial charge in [-0.2, -0.15) is 0 Å². The second-order valence-electron chi connectivity index (χ2n) is 7.15. The molecule has 2 saturated carbocycles. The summed E-state index contributed by atoms with van der Waals surface area (Å²) in [5, 5.41) is 3.13. The van der Waals surface area contributed by atoms with Crippen LogP contribution in [-0.2, 0) is 11.2 Å². The van der Waals surface area contributed by atoms with E-state index in [1.807, 2.05) is 29.4 Å². The minimum absolute atomic E-state index is 0.0871. The van der Waals surface area contributed by atoms with E-state index < -0.39 is 0 Å². The Kier molecular flexibility index (Phi) is 4.21. The first-order chi connectivity index (χ1) is 11.3. The van der Waals surface area contributed by atoms with Crippen molar-refractivity contribution in [1.82, 2.24) is 15.2 Å². The average molecular weight is 315 g/mol. The van der Waals surface area contributed by atoms with Gasteiger partial charge in [0.25, 0.3) is 0 Å². The highest BCUT2D eigenvalue weighted by Gasteiger charge is 2.40. The normalized spacial score (nSPS) is 27.2. The molecule has 23 heavy (non-hydrogen) atoms. The predicted octanol–water partition coefficient (Wildman–Crippen LogP) is 2.37. The molecule has 1 aromatic rings. The molecule has 0 bridgehead atoms. The Morgan fingerprint density at radius 1 is 1.22 bits per heavy atom. The molecule has 4 rings (SSSR count). The molecule has 2 amide bonds. The van der Waals surface area contributed by atoms with E-state index in [0.717, 1.165) is 44.8 Å². The van der Waals surface area contributed by atoms with Crippen LogP contribution in [0.1, 0.15) is 37.7 Å². The van der Waals surface area contributed by atoms with Crippen LogP contribution in [0.3, 0.4) is 0 Å². The van der Waals surface area contributed by atoms with Crippen LogP contribution in [-0.4, -0.2) is 47.3 Å². The van der Waals surface area contributed by atoms with Gasteiger partial charge in [-0.1, -0.05) is 0 Å². The van der Waals surface area contributed by atoms with E-state index in [-0.39, 0.29) is 18.2 Å². The minimum atomic E-state index is 0.0871. The lowest BCUT2D eigenvalue weighted by Crippen LogP contribution is -2.47. The van der Waals surface area contributed by atoms with Gasteiger partial charge in [0.1, 0.15) is 0 Å². The molecule has 5 nitrogen and oxygen atoms in total. The summed E-state index contributed by atoms with van der Waals surface area (Å²) in [6.07, 6.45) is 10.4. The molecule has 1 saturated heterocycles. The van der Waals surface area contributed by atoms with E-state index in [1.54, 1.807) is 0 Å². The zero-order valence-electron chi connectivity index (χ0n) is 13.5. The van der Waals surface area contributed by atoms with E-state index in [2.05, 4.69) is 10.3 Å². The second-order valence-corrected chi connectivity index (χ2v) is 7.15. The van der Waals surface area contributed by atoms with Crippen molar-refractivity contribution < 1.29 is 9.53 Å². The third kappa shape index (κ3) is 3.83. The lowest BCUT2D eigenvalue weighted by Gasteiger charge is -2.28. The Morgan fingerprint density at radius 3 is 2.70 bits per heavy atom. The predicted molar refractivity (Wildman–Crippen MR) is 87.1 cm³/mol. The fraction of sp³-hybridized carbons (Fsp3) is 0.667. The van der Waals surface area contributed by atoms with E-state index in [9.17, 15) is 4.79 Å². The standard InChI is InChI=1S/C18H25N3O2/c22-18(20-15-3-4-15)21-10-7-17(23-12-14-1-2-14)16(21)11-13-5-8-19-9-6-13/h5-6,8-9,14-17H,1-4,7,10-12H2,(H,20,22)/t16-,17-/m0/s1. The zero-order chi connectivity index (χ0) is 15.6. The fourth-order valence-electron chi connectivity index (χ4n) is 3.30. The highest BCUT2D eigenvalue weighted by molar-refractivity contribution is 5.75. The summed E-state index contributed by atoms with van der Waals surface area (Å²) >= 11 is 0. The second kappa shape index (κ2) is 6.48. The quantitative estimate of drug-likeness (QED) is 0.877. The lowest BCUT2D eigenvalue weighted by molar-refractivity contribution is 0.0259. The SMILES string of the molecule is O=C(NC1CC1)N1CC[C@H](OCC2CC2)[C@@H]1Cc1ccncc1. The van der Waals surface area contributed by atoms with Crippen LogP contribution in [0.15, 0.2) is 24.5 Å². The van der Waals surface area contributed by atoms with Gasteiger partial charge in [-0.15, -0.1) is 0 Å². The first kappa shape index (κ1) is 14.9. The van der Waals surface area contributed by atoms with Gasteiger partial charge in [-0.25, -0.2) is 4.79 Å². The van der Waals surface area contributed by atoms with Gasteiger partial charge in [0.15, 0.2) is 0 Å². The molecule has 0 spiro atoms. The minimum Gasteiger partial charge on any atom is -0.376 e. The summed E-state index contributed by atoms with van der Waals surface area (Å²) in [7, 11) is 0. The average Bonchev–Trinajstić information content (AvgIpc) is 3.48. The van der Waals surface area contributed by atoms with Crippen LogP contribution in [0.25, 0.3) is 0 Å². The Balaban J connectivity index is 1.44. The maximum Gasteiger partial charge on any atom is 0.317 e. The Morgan fingerprint density at radius 2 is 2.00 bits per heavy atom. The van der Waals surface area contributed by atoms with Crippen LogP contribution >= 0.6 is 0 Å². The number of pyridine rings is 1. The number of ether oxygens (including phenoxy) is 1. The number of carbonyl (C=O) groups is 1. The molecule has 0 aromatic carbocycles. The lowest BCUT2D eigenvalue weighted by atomic mass is 10.0. The zero-order valence-corrected chi connectivity index (χ0v) is 13.5. The van der Waals surface area contributed by atoms with E-state index in [0.29, 0.717) is 6.04 Å². The molecule has 5 heteroatoms. The van der Waals surface area contributed by atoms with Crippen molar-refractivity contribution in [2.45, 2.75) is 56.7 Å². The van der Waals surface area contributed by atoms with Crippen molar-refractivity contribution >= 4 is 6.03 Å². The number of rotatable bonds is 6. The number of hydrogen-bond acceptors (Lipinski definition) is 3. The van der Waals surface area contributed by atoms with Crippen LogP contribution in [0, 0.1) is 5.92 Å². The van der Waals surface area contributed by atoms with Crippen LogP contribution < -0.4 is 5.32 Å². The number of carbonyl (C=O) groups excluding carboxylic acids is 1. The molecule has 1 aromatic heterocycles. The summed E-state index contributed by atoms with van der Waals surface area (Å²) in [6.45, 7) is 1.65. The van der Waals surface area contributed by atoms with E-state index in [4.69, 9.17) is 4.74 Å². The van der Waals surface area contributed by atoms with Crippen LogP contribution in [0.2, 0.25) is 0 Å². The summed E-state index contributed by atoms with van der Waals surface area (Å²) < 4.78 is 6.18. The number of nitrogens with zero attached hydrogens (tertiary/aromatic N) is 2. The molecular weight excluding hydrogens is 290 g/mol. The first-order valence-electron chi connectivity index (χ1n) is 8.87. The van der Waals surface area contributed by atoms with Gasteiger partial charge in [-0.3, -0.25) is 4.98 Å². The Bertz CT molecular complexity index is 542. The maximum absolute atomic E-state index is 12.5. The van der Waals surface area contributed by atoms with Crippen molar-refractivity contribution in [1.29, 1.82) is 0 Å². The monoisotopic (exact) mass is 315 g/mol. The molecule has 3 fully saturated rings. The molecule has 2 heterocycles. The molecule has 1 N–H and O–H groups in total. The summed E-state index contributed by atoms with van der Waals surface area (Å²) in [5.41, 5.74) is 1.22. The Labute approximate surface area is 137 Å². The van der Waals surface area contributed by atoms with E-state index >= 15 is 0 Å². The van der Waals surface area contributed by atoms with Gasteiger partial charge in [0.05, 0.1) is 12.1 Å². The largest absolute Gasteiger partial charge is 0.376 e. The van der Waals surface area contributed by atoms with Gasteiger partial charge in [0, 0.05) is 31.6 Å². The topological polar surface area (TPSA) is 54.5 Å². The number of amides is 2. The molecule has 3 aliphatic rings. The van der Waals surface area contributed by atoms with Crippen LogP contribution in [0.4, 0.5) is 4.79 Å². The fourth-order valence-corrected chi connectivity index (χ4v) is 3.30. The molecular formula is C18H25N3O2. The van der Waals surface area contributed by atoms with Crippen molar-refractivity contribution in [2.24, 2.45) is 5.92 Å². The molecule has 2 aliphatic carbocycles. The van der Waals surface area contributed by atoms with Crippen molar-refractivity contribution in [3.05, 3.63) is 30.1 Å². The van der Waals surface area contributed by atoms with Gasteiger partial charge >= 0.3 is 6.03 Å². The highest BCUT2D eigenvalue weighted by Crippen LogP contribution is 2.32. The third-order valence-electron chi connectivity index (χ3n) is 5.09. The number of aromatic nitrogens is 1. The summed E-state index contributed by atoms with van der Waals surface area (Å²) in [5.74, 6) is 0.755. The number of hydrogen-bond donors (Lipinski definition) is 1. The molecule has 0 unspecified atom stereocenters. The molecule has 2 atom stereocenters. The highest BCUT2D eigenvalue weighted by atomic mass is 16.5. The van der Waals surface area contributed by atoms with Gasteiger partial charge < -0.3 is 15.0 Å². The summed E-state index contributed by atoms with van der Waals surface area (Å²) in [6, 6.07) is 4.69. The molecule has 124 valence electrons. The number of nitrogens with one attached hydrogen (secondary N) is 1. The smallest absolute Gasteiger partial charge is 0.317 e. The molecule has 0 radical (unpaired) electrons.